The summed E-state index contributed by atoms with van der Waals surface area (Å²) in [6, 6.07) is 18.0. The van der Waals surface area contributed by atoms with Gasteiger partial charge in [0.25, 0.3) is 0 Å². The molecule has 0 atom stereocenters. The predicted octanol–water partition coefficient (Wildman–Crippen LogP) is 5.92. The van der Waals surface area contributed by atoms with Crippen molar-refractivity contribution >= 4 is 38.4 Å². The molecular weight excluding hydrogens is 418 g/mol. The predicted molar refractivity (Wildman–Crippen MR) is 115 cm³/mol. The van der Waals surface area contributed by atoms with E-state index in [0.29, 0.717) is 18.9 Å². The van der Waals surface area contributed by atoms with Gasteiger partial charge in [-0.2, -0.15) is 0 Å². The first-order valence-corrected chi connectivity index (χ1v) is 10.3. The molecule has 3 aromatic rings. The third-order valence-corrected chi connectivity index (χ3v) is 5.47. The first-order valence-electron chi connectivity index (χ1n) is 9.52. The van der Waals surface area contributed by atoms with E-state index in [-0.39, 0.29) is 5.97 Å². The van der Waals surface area contributed by atoms with Crippen molar-refractivity contribution in [3.63, 3.8) is 0 Å². The number of nitrogens with zero attached hydrogens (tertiary/aromatic N) is 1. The second kappa shape index (κ2) is 8.23. The molecule has 0 aromatic heterocycles. The molecule has 1 heterocycles. The average molecular weight is 440 g/mol. The van der Waals surface area contributed by atoms with Gasteiger partial charge in [-0.05, 0) is 59.7 Å². The number of benzene rings is 3. The molecule has 5 heteroatoms. The average Bonchev–Trinajstić information content (AvgIpc) is 2.73. The summed E-state index contributed by atoms with van der Waals surface area (Å²) in [6.45, 7) is 3.78. The van der Waals surface area contributed by atoms with E-state index in [2.05, 4.69) is 52.0 Å². The minimum absolute atomic E-state index is 0.267. The van der Waals surface area contributed by atoms with Gasteiger partial charge in [0, 0.05) is 15.7 Å². The Morgan fingerprint density at radius 1 is 1.14 bits per heavy atom. The van der Waals surface area contributed by atoms with Crippen molar-refractivity contribution < 1.29 is 14.3 Å². The van der Waals surface area contributed by atoms with Gasteiger partial charge in [-0.1, -0.05) is 41.4 Å². The molecule has 0 bridgehead atoms. The van der Waals surface area contributed by atoms with E-state index < -0.39 is 0 Å². The van der Waals surface area contributed by atoms with Crippen LogP contribution in [0.15, 0.2) is 59.1 Å². The van der Waals surface area contributed by atoms with Crippen LogP contribution in [-0.2, 0) is 11.3 Å². The molecule has 0 saturated heterocycles. The highest BCUT2D eigenvalue weighted by Crippen LogP contribution is 2.35. The van der Waals surface area contributed by atoms with E-state index in [0.717, 1.165) is 35.3 Å². The molecule has 0 spiro atoms. The highest BCUT2D eigenvalue weighted by Gasteiger charge is 2.20. The van der Waals surface area contributed by atoms with Gasteiger partial charge in [-0.15, -0.1) is 0 Å². The first-order chi connectivity index (χ1) is 13.7. The van der Waals surface area contributed by atoms with Crippen LogP contribution in [0.5, 0.6) is 5.75 Å². The molecule has 0 radical (unpaired) electrons. The Kier molecular flexibility index (Phi) is 5.53. The number of carbonyl (C=O) groups is 1. The van der Waals surface area contributed by atoms with Gasteiger partial charge >= 0.3 is 5.97 Å². The molecule has 0 saturated carbocycles. The smallest absolute Gasteiger partial charge is 0.338 e. The zero-order chi connectivity index (χ0) is 19.5. The van der Waals surface area contributed by atoms with E-state index in [9.17, 15) is 4.79 Å². The highest BCUT2D eigenvalue weighted by atomic mass is 79.9. The van der Waals surface area contributed by atoms with Crippen LogP contribution in [0.3, 0.4) is 0 Å². The molecule has 1 aliphatic heterocycles. The summed E-state index contributed by atoms with van der Waals surface area (Å²) in [5.41, 5.74) is 2.78. The van der Waals surface area contributed by atoms with E-state index in [1.165, 1.54) is 16.3 Å². The van der Waals surface area contributed by atoms with Crippen molar-refractivity contribution in [1.29, 1.82) is 0 Å². The summed E-state index contributed by atoms with van der Waals surface area (Å²) in [6.07, 6.45) is 1.90. The lowest BCUT2D eigenvalue weighted by Crippen LogP contribution is -2.32. The van der Waals surface area contributed by atoms with Crippen LogP contribution in [0.2, 0.25) is 0 Å². The summed E-state index contributed by atoms with van der Waals surface area (Å²) in [5, 5.41) is 2.38. The second-order valence-corrected chi connectivity index (χ2v) is 7.83. The van der Waals surface area contributed by atoms with Gasteiger partial charge < -0.3 is 14.4 Å². The van der Waals surface area contributed by atoms with E-state index in [4.69, 9.17) is 9.47 Å². The van der Waals surface area contributed by atoms with Crippen LogP contribution in [0.4, 0.5) is 5.69 Å². The topological polar surface area (TPSA) is 38.8 Å². The van der Waals surface area contributed by atoms with E-state index in [1.54, 1.807) is 0 Å². The lowest BCUT2D eigenvalue weighted by Gasteiger charge is -2.31. The fourth-order valence-corrected chi connectivity index (χ4v) is 3.77. The van der Waals surface area contributed by atoms with Crippen molar-refractivity contribution in [2.24, 2.45) is 0 Å². The Morgan fingerprint density at radius 3 is 2.75 bits per heavy atom. The maximum atomic E-state index is 12.1. The Morgan fingerprint density at radius 2 is 1.96 bits per heavy atom. The minimum Gasteiger partial charge on any atom is -0.473 e. The van der Waals surface area contributed by atoms with Gasteiger partial charge in [0.05, 0.1) is 18.7 Å². The molecule has 0 amide bonds. The first kappa shape index (κ1) is 18.8. The van der Waals surface area contributed by atoms with Gasteiger partial charge in [0.2, 0.25) is 0 Å². The molecule has 3 aromatic carbocycles. The maximum Gasteiger partial charge on any atom is 0.338 e. The largest absolute Gasteiger partial charge is 0.473 e. The van der Waals surface area contributed by atoms with Crippen LogP contribution in [0.25, 0.3) is 10.8 Å². The highest BCUT2D eigenvalue weighted by molar-refractivity contribution is 9.10. The maximum absolute atomic E-state index is 12.1. The van der Waals surface area contributed by atoms with E-state index >= 15 is 0 Å². The third-order valence-electron chi connectivity index (χ3n) is 4.97. The van der Waals surface area contributed by atoms with Gasteiger partial charge in [-0.25, -0.2) is 4.79 Å². The Labute approximate surface area is 173 Å². The number of halogens is 1. The zero-order valence-electron chi connectivity index (χ0n) is 15.8. The molecule has 144 valence electrons. The fraction of sp³-hybridized carbons (Fsp3) is 0.261. The lowest BCUT2D eigenvalue weighted by molar-refractivity contribution is 0.0500. The summed E-state index contributed by atoms with van der Waals surface area (Å²) < 4.78 is 12.3. The number of unbranched alkanes of at least 4 members (excludes halogenated alkanes) is 1. The fourth-order valence-electron chi connectivity index (χ4n) is 3.39. The molecule has 1 aliphatic rings. The molecule has 4 rings (SSSR count). The molecule has 28 heavy (non-hydrogen) atoms. The van der Waals surface area contributed by atoms with Crippen molar-refractivity contribution in [1.82, 2.24) is 0 Å². The number of hydrogen-bond acceptors (Lipinski definition) is 4. The lowest BCUT2D eigenvalue weighted by atomic mass is 10.0. The third kappa shape index (κ3) is 3.85. The number of hydrogen-bond donors (Lipinski definition) is 0. The van der Waals surface area contributed by atoms with Crippen molar-refractivity contribution in [2.75, 3.05) is 18.2 Å². The standard InChI is InChI=1S/C23H22BrNO3/c1-2-3-12-27-23(26)16-4-8-19(9-5-16)25-14-21-20-10-7-18(24)13-17(20)6-11-22(21)28-15-25/h4-11,13H,2-3,12,14-15H2,1H3. The summed E-state index contributed by atoms with van der Waals surface area (Å²) in [4.78, 5) is 14.2. The summed E-state index contributed by atoms with van der Waals surface area (Å²) in [5.74, 6) is 0.666. The SMILES string of the molecule is CCCCOC(=O)c1ccc(N2COc3ccc4cc(Br)ccc4c3C2)cc1. The molecular formula is C23H22BrNO3. The number of ether oxygens (including phenoxy) is 2. The molecule has 0 N–H and O–H groups in total. The van der Waals surface area contributed by atoms with Crippen molar-refractivity contribution in [3.05, 3.63) is 70.2 Å². The van der Waals surface area contributed by atoms with Crippen LogP contribution in [-0.4, -0.2) is 19.3 Å². The van der Waals surface area contributed by atoms with Crippen molar-refractivity contribution in [3.8, 4) is 5.75 Å². The second-order valence-electron chi connectivity index (χ2n) is 6.92. The Hall–Kier alpha value is -2.53. The molecule has 0 fully saturated rings. The van der Waals surface area contributed by atoms with Crippen LogP contribution < -0.4 is 9.64 Å². The van der Waals surface area contributed by atoms with E-state index in [1.807, 2.05) is 30.3 Å². The normalized spacial score (nSPS) is 13.1. The van der Waals surface area contributed by atoms with Gasteiger partial charge in [-0.3, -0.25) is 0 Å². The molecule has 0 unspecified atom stereocenters. The zero-order valence-corrected chi connectivity index (χ0v) is 17.4. The monoisotopic (exact) mass is 439 g/mol. The molecule has 0 aliphatic carbocycles. The Balaban J connectivity index is 1.53. The quantitative estimate of drug-likeness (QED) is 0.365. The Bertz CT molecular complexity index is 1000. The summed E-state index contributed by atoms with van der Waals surface area (Å²) in [7, 11) is 0. The minimum atomic E-state index is -0.267. The number of fused-ring (bicyclic) bond motifs is 3. The summed E-state index contributed by atoms with van der Waals surface area (Å²) >= 11 is 3.54. The van der Waals surface area contributed by atoms with Crippen LogP contribution >= 0.6 is 15.9 Å². The van der Waals surface area contributed by atoms with Gasteiger partial charge in [0.15, 0.2) is 6.73 Å². The van der Waals surface area contributed by atoms with Gasteiger partial charge in [0.1, 0.15) is 5.75 Å². The van der Waals surface area contributed by atoms with Crippen molar-refractivity contribution in [2.45, 2.75) is 26.3 Å². The number of rotatable bonds is 5. The van der Waals surface area contributed by atoms with Crippen LogP contribution in [0.1, 0.15) is 35.7 Å². The number of carbonyl (C=O) groups excluding carboxylic acids is 1. The number of anilines is 1. The molecule has 4 nitrogen and oxygen atoms in total. The number of esters is 1. The van der Waals surface area contributed by atoms with Crippen LogP contribution in [0, 0.1) is 0 Å².